The van der Waals surface area contributed by atoms with Crippen molar-refractivity contribution in [2.45, 2.75) is 25.3 Å². The van der Waals surface area contributed by atoms with Gasteiger partial charge in [-0.15, -0.1) is 0 Å². The molecule has 0 aliphatic carbocycles. The number of hydrogen-bond donors (Lipinski definition) is 0. The molecule has 2 atom stereocenters. The first kappa shape index (κ1) is 19.2. The van der Waals surface area contributed by atoms with Gasteiger partial charge in [-0.05, 0) is 29.7 Å². The standard InChI is InChI=1S/C21H19F3O3/c1-14-18(10-11-26-13-15-6-3-2-4-7-15)19(27-20(14)25)16-8-5-9-17(12-16)21(22,23)24/h2-9,12,18-19H,1,10-11,13H2/t18-,19-/m1/s1. The minimum Gasteiger partial charge on any atom is -0.453 e. The summed E-state index contributed by atoms with van der Waals surface area (Å²) >= 11 is 0. The molecule has 1 aliphatic heterocycles. The third-order valence-corrected chi connectivity index (χ3v) is 4.54. The number of hydrogen-bond acceptors (Lipinski definition) is 3. The van der Waals surface area contributed by atoms with Crippen molar-refractivity contribution >= 4 is 5.97 Å². The lowest BCUT2D eigenvalue weighted by molar-refractivity contribution is -0.139. The second-order valence-corrected chi connectivity index (χ2v) is 6.41. The number of cyclic esters (lactones) is 1. The number of rotatable bonds is 6. The molecule has 27 heavy (non-hydrogen) atoms. The lowest BCUT2D eigenvalue weighted by Crippen LogP contribution is -2.13. The van der Waals surface area contributed by atoms with Crippen LogP contribution in [0.4, 0.5) is 13.2 Å². The minimum atomic E-state index is -4.45. The monoisotopic (exact) mass is 376 g/mol. The second kappa shape index (κ2) is 7.96. The molecule has 6 heteroatoms. The smallest absolute Gasteiger partial charge is 0.416 e. The van der Waals surface area contributed by atoms with Crippen LogP contribution in [0.1, 0.15) is 29.2 Å². The highest BCUT2D eigenvalue weighted by molar-refractivity contribution is 5.90. The molecule has 0 radical (unpaired) electrons. The van der Waals surface area contributed by atoms with E-state index in [1.165, 1.54) is 12.1 Å². The van der Waals surface area contributed by atoms with Gasteiger partial charge in [0.25, 0.3) is 0 Å². The van der Waals surface area contributed by atoms with Crippen molar-refractivity contribution in [2.24, 2.45) is 5.92 Å². The van der Waals surface area contributed by atoms with E-state index < -0.39 is 29.7 Å². The van der Waals surface area contributed by atoms with Gasteiger partial charge < -0.3 is 9.47 Å². The van der Waals surface area contributed by atoms with E-state index in [4.69, 9.17) is 9.47 Å². The Labute approximate surface area is 155 Å². The number of benzene rings is 2. The first-order valence-electron chi connectivity index (χ1n) is 8.55. The van der Waals surface area contributed by atoms with E-state index in [0.29, 0.717) is 25.2 Å². The van der Waals surface area contributed by atoms with Crippen LogP contribution in [-0.4, -0.2) is 12.6 Å². The fourth-order valence-electron chi connectivity index (χ4n) is 3.10. The van der Waals surface area contributed by atoms with Gasteiger partial charge in [0.05, 0.1) is 12.2 Å². The lowest BCUT2D eigenvalue weighted by Gasteiger charge is -2.19. The van der Waals surface area contributed by atoms with Crippen molar-refractivity contribution in [2.75, 3.05) is 6.61 Å². The fraction of sp³-hybridized carbons (Fsp3) is 0.286. The van der Waals surface area contributed by atoms with E-state index in [1.807, 2.05) is 30.3 Å². The van der Waals surface area contributed by atoms with Crippen LogP contribution in [-0.2, 0) is 27.1 Å². The van der Waals surface area contributed by atoms with Crippen LogP contribution in [0.2, 0.25) is 0 Å². The molecule has 142 valence electrons. The van der Waals surface area contributed by atoms with Gasteiger partial charge in [-0.2, -0.15) is 13.2 Å². The molecule has 0 saturated carbocycles. The summed E-state index contributed by atoms with van der Waals surface area (Å²) < 4.78 is 49.8. The summed E-state index contributed by atoms with van der Waals surface area (Å²) in [6, 6.07) is 14.5. The summed E-state index contributed by atoms with van der Waals surface area (Å²) in [6.07, 6.45) is -4.81. The van der Waals surface area contributed by atoms with Crippen LogP contribution in [0, 0.1) is 5.92 Å². The number of ether oxygens (including phenoxy) is 2. The van der Waals surface area contributed by atoms with Crippen molar-refractivity contribution in [1.29, 1.82) is 0 Å². The number of esters is 1. The largest absolute Gasteiger partial charge is 0.453 e. The molecule has 1 heterocycles. The highest BCUT2D eigenvalue weighted by atomic mass is 19.4. The highest BCUT2D eigenvalue weighted by Crippen LogP contribution is 2.41. The van der Waals surface area contributed by atoms with Gasteiger partial charge in [-0.25, -0.2) is 4.79 Å². The molecule has 2 aromatic rings. The van der Waals surface area contributed by atoms with Crippen molar-refractivity contribution in [1.82, 2.24) is 0 Å². The van der Waals surface area contributed by atoms with Crippen LogP contribution in [0.25, 0.3) is 0 Å². The zero-order valence-electron chi connectivity index (χ0n) is 14.5. The van der Waals surface area contributed by atoms with E-state index in [2.05, 4.69) is 6.58 Å². The molecule has 0 aromatic heterocycles. The number of carbonyl (C=O) groups is 1. The average molecular weight is 376 g/mol. The number of carbonyl (C=O) groups excluding carboxylic acids is 1. The molecule has 3 rings (SSSR count). The van der Waals surface area contributed by atoms with E-state index in [0.717, 1.165) is 17.7 Å². The van der Waals surface area contributed by atoms with Crippen molar-refractivity contribution in [3.8, 4) is 0 Å². The predicted molar refractivity (Wildman–Crippen MR) is 93.6 cm³/mol. The maximum Gasteiger partial charge on any atom is 0.416 e. The van der Waals surface area contributed by atoms with Gasteiger partial charge in [-0.3, -0.25) is 0 Å². The van der Waals surface area contributed by atoms with E-state index in [1.54, 1.807) is 0 Å². The van der Waals surface area contributed by atoms with Gasteiger partial charge in [0.1, 0.15) is 6.10 Å². The van der Waals surface area contributed by atoms with Crippen molar-refractivity contribution in [3.05, 3.63) is 83.4 Å². The maximum absolute atomic E-state index is 13.0. The lowest BCUT2D eigenvalue weighted by atomic mass is 9.89. The molecule has 0 N–H and O–H groups in total. The Bertz CT molecular complexity index is 815. The zero-order valence-corrected chi connectivity index (χ0v) is 14.5. The molecule has 0 spiro atoms. The molecule has 1 fully saturated rings. The molecule has 1 saturated heterocycles. The van der Waals surface area contributed by atoms with Crippen LogP contribution in [0.3, 0.4) is 0 Å². The van der Waals surface area contributed by atoms with Crippen molar-refractivity contribution in [3.63, 3.8) is 0 Å². The van der Waals surface area contributed by atoms with Gasteiger partial charge in [-0.1, -0.05) is 49.0 Å². The molecule has 0 bridgehead atoms. The van der Waals surface area contributed by atoms with Crippen LogP contribution in [0.15, 0.2) is 66.7 Å². The van der Waals surface area contributed by atoms with Gasteiger partial charge in [0.15, 0.2) is 0 Å². The third kappa shape index (κ3) is 4.57. The Kier molecular flexibility index (Phi) is 5.65. The molecule has 0 amide bonds. The van der Waals surface area contributed by atoms with E-state index in [-0.39, 0.29) is 5.57 Å². The summed E-state index contributed by atoms with van der Waals surface area (Å²) in [7, 11) is 0. The Balaban J connectivity index is 1.67. The first-order valence-corrected chi connectivity index (χ1v) is 8.55. The average Bonchev–Trinajstić information content (AvgIpc) is 2.94. The van der Waals surface area contributed by atoms with Crippen LogP contribution >= 0.6 is 0 Å². The normalized spacial score (nSPS) is 20.0. The summed E-state index contributed by atoms with van der Waals surface area (Å²) in [5, 5.41) is 0. The second-order valence-electron chi connectivity index (χ2n) is 6.41. The van der Waals surface area contributed by atoms with Gasteiger partial charge >= 0.3 is 12.1 Å². The number of alkyl halides is 3. The fourth-order valence-corrected chi connectivity index (χ4v) is 3.10. The Morgan fingerprint density at radius 3 is 2.52 bits per heavy atom. The molecule has 2 aromatic carbocycles. The molecule has 1 aliphatic rings. The first-order chi connectivity index (χ1) is 12.9. The van der Waals surface area contributed by atoms with Gasteiger partial charge in [0, 0.05) is 18.1 Å². The quantitative estimate of drug-likeness (QED) is 0.401. The number of halogens is 3. The van der Waals surface area contributed by atoms with Gasteiger partial charge in [0.2, 0.25) is 0 Å². The molecular formula is C21H19F3O3. The SMILES string of the molecule is C=C1C(=O)O[C@H](c2cccc(C(F)(F)F)c2)[C@@H]1CCOCc1ccccc1. The van der Waals surface area contributed by atoms with E-state index in [9.17, 15) is 18.0 Å². The highest BCUT2D eigenvalue weighted by Gasteiger charge is 2.40. The third-order valence-electron chi connectivity index (χ3n) is 4.54. The van der Waals surface area contributed by atoms with Crippen LogP contribution in [0.5, 0.6) is 0 Å². The summed E-state index contributed by atoms with van der Waals surface area (Å²) in [4.78, 5) is 11.9. The summed E-state index contributed by atoms with van der Waals surface area (Å²) in [6.45, 7) is 4.51. The Morgan fingerprint density at radius 1 is 1.07 bits per heavy atom. The summed E-state index contributed by atoms with van der Waals surface area (Å²) in [5.41, 5.74) is 0.822. The molecule has 0 unspecified atom stereocenters. The zero-order chi connectivity index (χ0) is 19.4. The summed E-state index contributed by atoms with van der Waals surface area (Å²) in [5.74, 6) is -0.998. The van der Waals surface area contributed by atoms with Crippen LogP contribution < -0.4 is 0 Å². The van der Waals surface area contributed by atoms with E-state index >= 15 is 0 Å². The molecule has 3 nitrogen and oxygen atoms in total. The molecular weight excluding hydrogens is 357 g/mol. The Morgan fingerprint density at radius 2 is 1.81 bits per heavy atom. The van der Waals surface area contributed by atoms with Crippen molar-refractivity contribution < 1.29 is 27.4 Å². The maximum atomic E-state index is 13.0. The topological polar surface area (TPSA) is 35.5 Å². The predicted octanol–water partition coefficient (Wildman–Crippen LogP) is 5.08. The Hall–Kier alpha value is -2.60. The minimum absolute atomic E-state index is 0.265.